The summed E-state index contributed by atoms with van der Waals surface area (Å²) in [6.45, 7) is 7.00. The lowest BCUT2D eigenvalue weighted by atomic mass is 9.98. The number of rotatable bonds is 3. The number of nitrogens with zero attached hydrogens (tertiary/aromatic N) is 3. The van der Waals surface area contributed by atoms with Crippen LogP contribution in [-0.2, 0) is 6.42 Å². The average molecular weight is 234 g/mol. The zero-order valence-electron chi connectivity index (χ0n) is 10.8. The van der Waals surface area contributed by atoms with Crippen molar-refractivity contribution in [3.05, 3.63) is 17.6 Å². The van der Waals surface area contributed by atoms with Crippen LogP contribution in [0.1, 0.15) is 31.3 Å². The van der Waals surface area contributed by atoms with Crippen LogP contribution < -0.4 is 10.6 Å². The standard InChI is InChI=1S/C13H22N4/c1-3-12-7-13(16-10(2)15-12)17-6-4-5-11(8-14)9-17/h7,11H,3-6,8-9,14H2,1-2H3. The van der Waals surface area contributed by atoms with Crippen molar-refractivity contribution >= 4 is 5.82 Å². The summed E-state index contributed by atoms with van der Waals surface area (Å²) in [5.74, 6) is 2.56. The quantitative estimate of drug-likeness (QED) is 0.861. The van der Waals surface area contributed by atoms with E-state index in [2.05, 4.69) is 27.9 Å². The highest BCUT2D eigenvalue weighted by molar-refractivity contribution is 5.40. The average Bonchev–Trinajstić information content (AvgIpc) is 2.38. The molecule has 4 heteroatoms. The van der Waals surface area contributed by atoms with Crippen LogP contribution in [0, 0.1) is 12.8 Å². The maximum atomic E-state index is 5.77. The molecule has 1 aliphatic rings. The smallest absolute Gasteiger partial charge is 0.132 e. The Labute approximate surface area is 103 Å². The predicted octanol–water partition coefficient (Wildman–Crippen LogP) is 1.52. The molecule has 1 saturated heterocycles. The molecule has 1 fully saturated rings. The lowest BCUT2D eigenvalue weighted by Crippen LogP contribution is -2.39. The molecule has 1 aromatic rings. The zero-order chi connectivity index (χ0) is 12.3. The molecule has 2 heterocycles. The second-order valence-corrected chi connectivity index (χ2v) is 4.81. The molecule has 0 amide bonds. The number of anilines is 1. The summed E-state index contributed by atoms with van der Waals surface area (Å²) >= 11 is 0. The third-order valence-electron chi connectivity index (χ3n) is 3.42. The summed E-state index contributed by atoms with van der Waals surface area (Å²) in [5.41, 5.74) is 6.90. The second kappa shape index (κ2) is 5.45. The van der Waals surface area contributed by atoms with Gasteiger partial charge < -0.3 is 10.6 Å². The van der Waals surface area contributed by atoms with Crippen molar-refractivity contribution in [2.45, 2.75) is 33.1 Å². The predicted molar refractivity (Wildman–Crippen MR) is 70.1 cm³/mol. The summed E-state index contributed by atoms with van der Waals surface area (Å²) in [4.78, 5) is 11.3. The minimum absolute atomic E-state index is 0.615. The van der Waals surface area contributed by atoms with E-state index in [1.807, 2.05) is 6.92 Å². The van der Waals surface area contributed by atoms with E-state index in [0.29, 0.717) is 5.92 Å². The maximum absolute atomic E-state index is 5.77. The highest BCUT2D eigenvalue weighted by Gasteiger charge is 2.20. The van der Waals surface area contributed by atoms with E-state index in [1.165, 1.54) is 12.8 Å². The van der Waals surface area contributed by atoms with Crippen LogP contribution >= 0.6 is 0 Å². The van der Waals surface area contributed by atoms with Gasteiger partial charge in [-0.3, -0.25) is 0 Å². The fraction of sp³-hybridized carbons (Fsp3) is 0.692. The molecular weight excluding hydrogens is 212 g/mol. The fourth-order valence-electron chi connectivity index (χ4n) is 2.42. The van der Waals surface area contributed by atoms with Crippen molar-refractivity contribution in [3.63, 3.8) is 0 Å². The Bertz CT molecular complexity index is 378. The molecule has 0 aromatic carbocycles. The van der Waals surface area contributed by atoms with E-state index in [9.17, 15) is 0 Å². The van der Waals surface area contributed by atoms with Gasteiger partial charge in [0.25, 0.3) is 0 Å². The SMILES string of the molecule is CCc1cc(N2CCCC(CN)C2)nc(C)n1. The van der Waals surface area contributed by atoms with Gasteiger partial charge in [0.1, 0.15) is 11.6 Å². The molecule has 2 N–H and O–H groups in total. The largest absolute Gasteiger partial charge is 0.356 e. The van der Waals surface area contributed by atoms with Gasteiger partial charge in [0, 0.05) is 24.8 Å². The fourth-order valence-corrected chi connectivity index (χ4v) is 2.42. The number of hydrogen-bond donors (Lipinski definition) is 1. The molecule has 94 valence electrons. The summed E-state index contributed by atoms with van der Waals surface area (Å²) < 4.78 is 0. The van der Waals surface area contributed by atoms with Crippen molar-refractivity contribution in [2.75, 3.05) is 24.5 Å². The van der Waals surface area contributed by atoms with Crippen LogP contribution in [-0.4, -0.2) is 29.6 Å². The van der Waals surface area contributed by atoms with E-state index in [0.717, 1.165) is 43.4 Å². The molecule has 2 rings (SSSR count). The van der Waals surface area contributed by atoms with E-state index < -0.39 is 0 Å². The van der Waals surface area contributed by atoms with Crippen LogP contribution in [0.2, 0.25) is 0 Å². The van der Waals surface area contributed by atoms with Crippen molar-refractivity contribution < 1.29 is 0 Å². The number of hydrogen-bond acceptors (Lipinski definition) is 4. The minimum atomic E-state index is 0.615. The topological polar surface area (TPSA) is 55.0 Å². The van der Waals surface area contributed by atoms with Gasteiger partial charge in [0.05, 0.1) is 0 Å². The van der Waals surface area contributed by atoms with E-state index in [1.54, 1.807) is 0 Å². The first-order chi connectivity index (χ1) is 8.22. The maximum Gasteiger partial charge on any atom is 0.132 e. The lowest BCUT2D eigenvalue weighted by molar-refractivity contribution is 0.421. The molecule has 0 spiro atoms. The van der Waals surface area contributed by atoms with E-state index >= 15 is 0 Å². The molecule has 0 radical (unpaired) electrons. The molecule has 0 bridgehead atoms. The zero-order valence-corrected chi connectivity index (χ0v) is 10.8. The number of nitrogens with two attached hydrogens (primary N) is 1. The third kappa shape index (κ3) is 2.94. The van der Waals surface area contributed by atoms with Gasteiger partial charge in [-0.05, 0) is 38.6 Å². The Morgan fingerprint density at radius 1 is 1.47 bits per heavy atom. The number of aryl methyl sites for hydroxylation is 2. The Hall–Kier alpha value is -1.16. The summed E-state index contributed by atoms with van der Waals surface area (Å²) in [7, 11) is 0. The number of piperidine rings is 1. The Morgan fingerprint density at radius 2 is 2.29 bits per heavy atom. The Kier molecular flexibility index (Phi) is 3.94. The van der Waals surface area contributed by atoms with Crippen LogP contribution in [0.5, 0.6) is 0 Å². The molecule has 1 unspecified atom stereocenters. The summed E-state index contributed by atoms with van der Waals surface area (Å²) in [6.07, 6.45) is 3.43. The lowest BCUT2D eigenvalue weighted by Gasteiger charge is -2.33. The van der Waals surface area contributed by atoms with Crippen LogP contribution in [0.15, 0.2) is 6.07 Å². The van der Waals surface area contributed by atoms with Gasteiger partial charge in [-0.25, -0.2) is 9.97 Å². The van der Waals surface area contributed by atoms with Crippen molar-refractivity contribution in [1.29, 1.82) is 0 Å². The molecular formula is C13H22N4. The second-order valence-electron chi connectivity index (χ2n) is 4.81. The van der Waals surface area contributed by atoms with Gasteiger partial charge in [-0.15, -0.1) is 0 Å². The molecule has 1 aromatic heterocycles. The first kappa shape index (κ1) is 12.3. The summed E-state index contributed by atoms with van der Waals surface area (Å²) in [6, 6.07) is 2.12. The van der Waals surface area contributed by atoms with E-state index in [4.69, 9.17) is 5.73 Å². The van der Waals surface area contributed by atoms with Crippen LogP contribution in [0.25, 0.3) is 0 Å². The first-order valence-electron chi connectivity index (χ1n) is 6.52. The third-order valence-corrected chi connectivity index (χ3v) is 3.42. The van der Waals surface area contributed by atoms with Gasteiger partial charge in [-0.1, -0.05) is 6.92 Å². The Balaban J connectivity index is 2.18. The molecule has 0 aliphatic carbocycles. The highest BCUT2D eigenvalue weighted by Crippen LogP contribution is 2.21. The van der Waals surface area contributed by atoms with Crippen LogP contribution in [0.4, 0.5) is 5.82 Å². The molecule has 4 nitrogen and oxygen atoms in total. The van der Waals surface area contributed by atoms with Crippen LogP contribution in [0.3, 0.4) is 0 Å². The normalized spacial score (nSPS) is 20.6. The number of aromatic nitrogens is 2. The monoisotopic (exact) mass is 234 g/mol. The van der Waals surface area contributed by atoms with Gasteiger partial charge in [-0.2, -0.15) is 0 Å². The summed E-state index contributed by atoms with van der Waals surface area (Å²) in [5, 5.41) is 0. The van der Waals surface area contributed by atoms with Crippen molar-refractivity contribution in [2.24, 2.45) is 11.7 Å². The van der Waals surface area contributed by atoms with E-state index in [-0.39, 0.29) is 0 Å². The molecule has 1 atom stereocenters. The molecule has 1 aliphatic heterocycles. The minimum Gasteiger partial charge on any atom is -0.356 e. The van der Waals surface area contributed by atoms with Crippen molar-refractivity contribution in [1.82, 2.24) is 9.97 Å². The van der Waals surface area contributed by atoms with Gasteiger partial charge >= 0.3 is 0 Å². The first-order valence-corrected chi connectivity index (χ1v) is 6.52. The van der Waals surface area contributed by atoms with Gasteiger partial charge in [0.2, 0.25) is 0 Å². The highest BCUT2D eigenvalue weighted by atomic mass is 15.2. The molecule has 17 heavy (non-hydrogen) atoms. The molecule has 0 saturated carbocycles. The van der Waals surface area contributed by atoms with Crippen molar-refractivity contribution in [3.8, 4) is 0 Å². The van der Waals surface area contributed by atoms with Gasteiger partial charge in [0.15, 0.2) is 0 Å². The Morgan fingerprint density at radius 3 is 3.00 bits per heavy atom.